The molecule has 2 aliphatic rings. The molecule has 1 saturated heterocycles. The van der Waals surface area contributed by atoms with Crippen LogP contribution in [-0.2, 0) is 14.6 Å². The van der Waals surface area contributed by atoms with Crippen LogP contribution >= 0.6 is 11.6 Å². The van der Waals surface area contributed by atoms with Crippen LogP contribution in [0.25, 0.3) is 0 Å². The average molecular weight is 331 g/mol. The molecule has 114 valence electrons. The van der Waals surface area contributed by atoms with Crippen molar-refractivity contribution in [1.82, 2.24) is 0 Å². The minimum atomic E-state index is -2.98. The van der Waals surface area contributed by atoms with Gasteiger partial charge in [0.15, 0.2) is 15.9 Å². The molecule has 0 radical (unpaired) electrons. The zero-order valence-corrected chi connectivity index (χ0v) is 12.9. The van der Waals surface area contributed by atoms with Crippen molar-refractivity contribution in [1.29, 1.82) is 0 Å². The SMILES string of the molecule is CN(c1cc2c(cc1Cl)C(O)C(=O)N2)C1CCS(=O)(=O)C1. The lowest BCUT2D eigenvalue weighted by atomic mass is 10.1. The van der Waals surface area contributed by atoms with E-state index in [2.05, 4.69) is 5.32 Å². The summed E-state index contributed by atoms with van der Waals surface area (Å²) in [5.74, 6) is -0.198. The lowest BCUT2D eigenvalue weighted by Gasteiger charge is -2.27. The number of rotatable bonds is 2. The number of nitrogens with one attached hydrogen (secondary N) is 1. The Bertz CT molecular complexity index is 719. The topological polar surface area (TPSA) is 86.7 Å². The molecule has 8 heteroatoms. The van der Waals surface area contributed by atoms with E-state index in [1.807, 2.05) is 4.90 Å². The fourth-order valence-corrected chi connectivity index (χ4v) is 4.88. The Balaban J connectivity index is 1.94. The standard InChI is InChI=1S/C13H15ClN2O4S/c1-16(7-2-3-21(19,20)6-7)11-5-10-8(4-9(11)14)12(17)13(18)15-10/h4-5,7,12,17H,2-3,6H2,1H3,(H,15,18). The summed E-state index contributed by atoms with van der Waals surface area (Å²) in [7, 11) is -1.20. The van der Waals surface area contributed by atoms with Gasteiger partial charge >= 0.3 is 0 Å². The number of aliphatic hydroxyl groups excluding tert-OH is 1. The van der Waals surface area contributed by atoms with Gasteiger partial charge in [0.1, 0.15) is 0 Å². The predicted octanol–water partition coefficient (Wildman–Crippen LogP) is 0.949. The number of nitrogens with zero attached hydrogens (tertiary/aromatic N) is 1. The Morgan fingerprint density at radius 1 is 1.43 bits per heavy atom. The van der Waals surface area contributed by atoms with Gasteiger partial charge in [-0.3, -0.25) is 4.79 Å². The smallest absolute Gasteiger partial charge is 0.257 e. The van der Waals surface area contributed by atoms with Gasteiger partial charge in [-0.15, -0.1) is 0 Å². The summed E-state index contributed by atoms with van der Waals surface area (Å²) >= 11 is 6.22. The molecule has 0 bridgehead atoms. The molecule has 1 aromatic rings. The summed E-state index contributed by atoms with van der Waals surface area (Å²) in [6.45, 7) is 0. The molecule has 1 fully saturated rings. The maximum Gasteiger partial charge on any atom is 0.257 e. The second-order valence-electron chi connectivity index (χ2n) is 5.45. The zero-order valence-electron chi connectivity index (χ0n) is 11.3. The third kappa shape index (κ3) is 2.49. The molecule has 0 aromatic heterocycles. The second-order valence-corrected chi connectivity index (χ2v) is 8.09. The number of fused-ring (bicyclic) bond motifs is 1. The summed E-state index contributed by atoms with van der Waals surface area (Å²) < 4.78 is 23.2. The Kier molecular flexibility index (Phi) is 3.38. The van der Waals surface area contributed by atoms with Gasteiger partial charge in [-0.25, -0.2) is 8.42 Å². The lowest BCUT2D eigenvalue weighted by molar-refractivity contribution is -0.123. The number of sulfone groups is 1. The fraction of sp³-hybridized carbons (Fsp3) is 0.462. The molecule has 21 heavy (non-hydrogen) atoms. The van der Waals surface area contributed by atoms with Crippen LogP contribution in [0.15, 0.2) is 12.1 Å². The number of carbonyl (C=O) groups is 1. The van der Waals surface area contributed by atoms with Crippen LogP contribution in [0.3, 0.4) is 0 Å². The molecule has 2 unspecified atom stereocenters. The van der Waals surface area contributed by atoms with E-state index in [1.165, 1.54) is 0 Å². The molecule has 6 nitrogen and oxygen atoms in total. The number of carbonyl (C=O) groups excluding carboxylic acids is 1. The largest absolute Gasteiger partial charge is 0.378 e. The molecule has 0 spiro atoms. The molecule has 2 heterocycles. The lowest BCUT2D eigenvalue weighted by Crippen LogP contribution is -2.32. The third-order valence-corrected chi connectivity index (χ3v) is 6.11. The predicted molar refractivity (Wildman–Crippen MR) is 80.5 cm³/mol. The van der Waals surface area contributed by atoms with Crippen molar-refractivity contribution in [3.8, 4) is 0 Å². The van der Waals surface area contributed by atoms with Gasteiger partial charge in [0.2, 0.25) is 0 Å². The van der Waals surface area contributed by atoms with E-state index in [1.54, 1.807) is 19.2 Å². The summed E-state index contributed by atoms with van der Waals surface area (Å²) in [6, 6.07) is 3.10. The normalized spacial score (nSPS) is 26.5. The summed E-state index contributed by atoms with van der Waals surface area (Å²) in [6.07, 6.45) is -0.648. The molecular formula is C13H15ClN2O4S. The third-order valence-electron chi connectivity index (χ3n) is 4.06. The van der Waals surface area contributed by atoms with Crippen LogP contribution in [0.1, 0.15) is 18.1 Å². The van der Waals surface area contributed by atoms with E-state index in [4.69, 9.17) is 11.6 Å². The summed E-state index contributed by atoms with van der Waals surface area (Å²) in [5, 5.41) is 12.7. The number of hydrogen-bond donors (Lipinski definition) is 2. The van der Waals surface area contributed by atoms with Gasteiger partial charge in [-0.05, 0) is 18.6 Å². The number of halogens is 1. The first-order valence-corrected chi connectivity index (χ1v) is 8.74. The van der Waals surface area contributed by atoms with Gasteiger partial charge in [-0.2, -0.15) is 0 Å². The van der Waals surface area contributed by atoms with Gasteiger partial charge < -0.3 is 15.3 Å². The van der Waals surface area contributed by atoms with Crippen molar-refractivity contribution in [2.24, 2.45) is 0 Å². The maximum absolute atomic E-state index is 11.6. The van der Waals surface area contributed by atoms with E-state index in [-0.39, 0.29) is 17.5 Å². The maximum atomic E-state index is 11.6. The molecule has 1 aromatic carbocycles. The summed E-state index contributed by atoms with van der Waals surface area (Å²) in [5.41, 5.74) is 1.60. The van der Waals surface area contributed by atoms with E-state index in [0.29, 0.717) is 28.4 Å². The van der Waals surface area contributed by atoms with Crippen molar-refractivity contribution in [2.45, 2.75) is 18.6 Å². The first kappa shape index (κ1) is 14.6. The van der Waals surface area contributed by atoms with Gasteiger partial charge in [-0.1, -0.05) is 11.6 Å². The molecule has 2 aliphatic heterocycles. The minimum Gasteiger partial charge on any atom is -0.378 e. The second kappa shape index (κ2) is 4.86. The van der Waals surface area contributed by atoms with E-state index in [0.717, 1.165) is 0 Å². The molecule has 0 saturated carbocycles. The molecule has 0 aliphatic carbocycles. The number of anilines is 2. The molecule has 2 atom stereocenters. The van der Waals surface area contributed by atoms with Crippen LogP contribution in [0.2, 0.25) is 5.02 Å². The highest BCUT2D eigenvalue weighted by molar-refractivity contribution is 7.91. The van der Waals surface area contributed by atoms with Gasteiger partial charge in [0.05, 0.1) is 22.2 Å². The van der Waals surface area contributed by atoms with Gasteiger partial charge in [0, 0.05) is 24.3 Å². The Labute approximate surface area is 127 Å². The highest BCUT2D eigenvalue weighted by Gasteiger charge is 2.34. The van der Waals surface area contributed by atoms with Crippen molar-refractivity contribution < 1.29 is 18.3 Å². The highest BCUT2D eigenvalue weighted by Crippen LogP contribution is 2.39. The Hall–Kier alpha value is -1.31. The zero-order chi connectivity index (χ0) is 15.4. The van der Waals surface area contributed by atoms with Crippen molar-refractivity contribution in [2.75, 3.05) is 28.8 Å². The van der Waals surface area contributed by atoms with E-state index < -0.39 is 21.8 Å². The van der Waals surface area contributed by atoms with Crippen LogP contribution in [-0.4, -0.2) is 44.0 Å². The number of hydrogen-bond acceptors (Lipinski definition) is 5. The molecular weight excluding hydrogens is 316 g/mol. The van der Waals surface area contributed by atoms with Crippen LogP contribution in [0.4, 0.5) is 11.4 Å². The number of aliphatic hydroxyl groups is 1. The van der Waals surface area contributed by atoms with Crippen LogP contribution in [0.5, 0.6) is 0 Å². The Morgan fingerprint density at radius 3 is 2.76 bits per heavy atom. The highest BCUT2D eigenvalue weighted by atomic mass is 35.5. The average Bonchev–Trinajstić information content (AvgIpc) is 2.90. The van der Waals surface area contributed by atoms with Crippen molar-refractivity contribution in [3.63, 3.8) is 0 Å². The Morgan fingerprint density at radius 2 is 2.14 bits per heavy atom. The minimum absolute atomic E-state index is 0.103. The molecule has 1 amide bonds. The van der Waals surface area contributed by atoms with Crippen molar-refractivity contribution in [3.05, 3.63) is 22.7 Å². The van der Waals surface area contributed by atoms with E-state index in [9.17, 15) is 18.3 Å². The van der Waals surface area contributed by atoms with Crippen LogP contribution in [0, 0.1) is 0 Å². The first-order chi connectivity index (χ1) is 9.78. The monoisotopic (exact) mass is 330 g/mol. The fourth-order valence-electron chi connectivity index (χ4n) is 2.80. The van der Waals surface area contributed by atoms with Crippen molar-refractivity contribution >= 4 is 38.7 Å². The molecule has 2 N–H and O–H groups in total. The number of benzene rings is 1. The quantitative estimate of drug-likeness (QED) is 0.843. The molecule has 3 rings (SSSR count). The van der Waals surface area contributed by atoms with E-state index >= 15 is 0 Å². The summed E-state index contributed by atoms with van der Waals surface area (Å²) in [4.78, 5) is 13.3. The first-order valence-electron chi connectivity index (χ1n) is 6.54. The van der Waals surface area contributed by atoms with Crippen LogP contribution < -0.4 is 10.2 Å². The number of amides is 1. The van der Waals surface area contributed by atoms with Gasteiger partial charge in [0.25, 0.3) is 5.91 Å².